The molecule has 0 saturated carbocycles. The molecule has 216 valence electrons. The van der Waals surface area contributed by atoms with E-state index in [0.29, 0.717) is 48.9 Å². The number of fused-ring (bicyclic) bond motifs is 1. The maximum absolute atomic E-state index is 13.9. The van der Waals surface area contributed by atoms with E-state index in [1.807, 2.05) is 42.6 Å². The number of nitrogens with zero attached hydrogens (tertiary/aromatic N) is 2. The Bertz CT molecular complexity index is 1470. The Morgan fingerprint density at radius 3 is 2.27 bits per heavy atom. The Hall–Kier alpha value is -4.50. The number of hydrogen-bond acceptors (Lipinski definition) is 6. The van der Waals surface area contributed by atoms with Crippen molar-refractivity contribution in [2.24, 2.45) is 0 Å². The third kappa shape index (κ3) is 7.18. The first-order chi connectivity index (χ1) is 20.0. The molecule has 0 aliphatic carbocycles. The van der Waals surface area contributed by atoms with Crippen LogP contribution in [0.3, 0.4) is 0 Å². The van der Waals surface area contributed by atoms with Crippen molar-refractivity contribution < 1.29 is 28.5 Å². The first kappa shape index (κ1) is 29.5. The lowest BCUT2D eigenvalue weighted by Crippen LogP contribution is -2.44. The van der Waals surface area contributed by atoms with Gasteiger partial charge < -0.3 is 33.7 Å². The van der Waals surface area contributed by atoms with E-state index in [1.54, 1.807) is 50.5 Å². The van der Waals surface area contributed by atoms with Gasteiger partial charge in [-0.3, -0.25) is 9.59 Å². The first-order valence-electron chi connectivity index (χ1n) is 13.4. The number of aromatic amines is 1. The van der Waals surface area contributed by atoms with Crippen molar-refractivity contribution >= 4 is 22.7 Å². The number of aromatic nitrogens is 1. The zero-order valence-corrected chi connectivity index (χ0v) is 24.0. The summed E-state index contributed by atoms with van der Waals surface area (Å²) in [7, 11) is 6.26. The summed E-state index contributed by atoms with van der Waals surface area (Å²) in [5.74, 6) is 1.17. The van der Waals surface area contributed by atoms with Crippen LogP contribution in [0.5, 0.6) is 17.2 Å². The molecule has 0 radical (unpaired) electrons. The van der Waals surface area contributed by atoms with Gasteiger partial charge in [0, 0.05) is 43.8 Å². The number of nitrogens with one attached hydrogen (secondary N) is 1. The van der Waals surface area contributed by atoms with Crippen molar-refractivity contribution in [1.82, 2.24) is 14.8 Å². The number of carbonyl (C=O) groups is 2. The van der Waals surface area contributed by atoms with Crippen molar-refractivity contribution in [3.8, 4) is 17.2 Å². The Morgan fingerprint density at radius 1 is 0.780 bits per heavy atom. The summed E-state index contributed by atoms with van der Waals surface area (Å²) in [6, 6.07) is 20.7. The van der Waals surface area contributed by atoms with Gasteiger partial charge in [-0.1, -0.05) is 36.4 Å². The largest absolute Gasteiger partial charge is 0.496 e. The summed E-state index contributed by atoms with van der Waals surface area (Å²) >= 11 is 0. The molecule has 0 aliphatic rings. The molecule has 9 heteroatoms. The van der Waals surface area contributed by atoms with Crippen LogP contribution in [-0.2, 0) is 22.5 Å². The van der Waals surface area contributed by atoms with Gasteiger partial charge in [0.15, 0.2) is 11.5 Å². The van der Waals surface area contributed by atoms with Crippen LogP contribution in [0.2, 0.25) is 0 Å². The number of benzene rings is 3. The second-order valence-electron chi connectivity index (χ2n) is 9.53. The average Bonchev–Trinajstić information content (AvgIpc) is 3.43. The first-order valence-corrected chi connectivity index (χ1v) is 13.4. The van der Waals surface area contributed by atoms with Crippen molar-refractivity contribution in [3.05, 3.63) is 89.6 Å². The summed E-state index contributed by atoms with van der Waals surface area (Å²) in [6.45, 7) is 1.23. The Balaban J connectivity index is 1.60. The Kier molecular flexibility index (Phi) is 10.2. The van der Waals surface area contributed by atoms with Gasteiger partial charge in [0.25, 0.3) is 5.91 Å². The van der Waals surface area contributed by atoms with Gasteiger partial charge in [-0.05, 0) is 47.9 Å². The number of amides is 2. The summed E-state index contributed by atoms with van der Waals surface area (Å²) in [5, 5.41) is 1.12. The molecule has 0 atom stereocenters. The van der Waals surface area contributed by atoms with Crippen LogP contribution < -0.4 is 14.2 Å². The van der Waals surface area contributed by atoms with Crippen LogP contribution in [0.4, 0.5) is 0 Å². The highest BCUT2D eigenvalue weighted by molar-refractivity contribution is 5.98. The average molecular weight is 560 g/mol. The third-order valence-electron chi connectivity index (χ3n) is 7.02. The van der Waals surface area contributed by atoms with Gasteiger partial charge >= 0.3 is 0 Å². The van der Waals surface area contributed by atoms with E-state index in [0.717, 1.165) is 22.0 Å². The van der Waals surface area contributed by atoms with E-state index in [1.165, 1.54) is 12.0 Å². The van der Waals surface area contributed by atoms with Crippen LogP contribution >= 0.6 is 0 Å². The Morgan fingerprint density at radius 2 is 1.51 bits per heavy atom. The third-order valence-corrected chi connectivity index (χ3v) is 7.02. The van der Waals surface area contributed by atoms with Gasteiger partial charge in [0.1, 0.15) is 12.3 Å². The van der Waals surface area contributed by atoms with Gasteiger partial charge in [-0.25, -0.2) is 0 Å². The quantitative estimate of drug-likeness (QED) is 0.244. The maximum atomic E-state index is 13.9. The zero-order chi connectivity index (χ0) is 29.2. The highest BCUT2D eigenvalue weighted by Gasteiger charge is 2.25. The fraction of sp³-hybridized carbons (Fsp3) is 0.312. The lowest BCUT2D eigenvalue weighted by molar-refractivity contribution is -0.132. The molecule has 3 aromatic carbocycles. The van der Waals surface area contributed by atoms with Crippen molar-refractivity contribution in [3.63, 3.8) is 0 Å². The van der Waals surface area contributed by atoms with E-state index in [2.05, 4.69) is 11.1 Å². The second kappa shape index (κ2) is 14.2. The van der Waals surface area contributed by atoms with E-state index in [-0.39, 0.29) is 24.9 Å². The highest BCUT2D eigenvalue weighted by atomic mass is 16.5. The number of H-pyrrole nitrogens is 1. The van der Waals surface area contributed by atoms with Gasteiger partial charge in [-0.2, -0.15) is 0 Å². The molecule has 1 aromatic heterocycles. The SMILES string of the molecule is COCCN(CC(=O)N(CCc1c[nH]c2ccccc12)Cc1ccc(OC)c(OC)c1)C(=O)c1ccccc1OC. The molecule has 2 amide bonds. The summed E-state index contributed by atoms with van der Waals surface area (Å²) in [6.07, 6.45) is 2.63. The molecule has 0 bridgehead atoms. The number of para-hydroxylation sites is 2. The summed E-state index contributed by atoms with van der Waals surface area (Å²) in [4.78, 5) is 34.1. The number of hydrogen-bond donors (Lipinski definition) is 1. The molecule has 9 nitrogen and oxygen atoms in total. The van der Waals surface area contributed by atoms with Crippen LogP contribution in [0.15, 0.2) is 72.9 Å². The molecule has 0 spiro atoms. The van der Waals surface area contributed by atoms with Crippen molar-refractivity contribution in [2.75, 3.05) is 54.7 Å². The van der Waals surface area contributed by atoms with Crippen molar-refractivity contribution in [1.29, 1.82) is 0 Å². The van der Waals surface area contributed by atoms with E-state index in [4.69, 9.17) is 18.9 Å². The maximum Gasteiger partial charge on any atom is 0.258 e. The van der Waals surface area contributed by atoms with Gasteiger partial charge in [-0.15, -0.1) is 0 Å². The van der Waals surface area contributed by atoms with Crippen molar-refractivity contribution in [2.45, 2.75) is 13.0 Å². The topological polar surface area (TPSA) is 93.3 Å². The molecule has 0 aliphatic heterocycles. The summed E-state index contributed by atoms with van der Waals surface area (Å²) < 4.78 is 21.5. The van der Waals surface area contributed by atoms with Gasteiger partial charge in [0.2, 0.25) is 5.91 Å². The second-order valence-corrected chi connectivity index (χ2v) is 9.53. The molecule has 0 fully saturated rings. The minimum Gasteiger partial charge on any atom is -0.496 e. The minimum absolute atomic E-state index is 0.110. The number of carbonyl (C=O) groups excluding carboxylic acids is 2. The molecule has 1 heterocycles. The normalized spacial score (nSPS) is 10.8. The van der Waals surface area contributed by atoms with Crippen LogP contribution in [-0.4, -0.2) is 81.3 Å². The number of ether oxygens (including phenoxy) is 4. The highest BCUT2D eigenvalue weighted by Crippen LogP contribution is 2.28. The van der Waals surface area contributed by atoms with Crippen LogP contribution in [0.25, 0.3) is 10.9 Å². The lowest BCUT2D eigenvalue weighted by Gasteiger charge is -2.28. The lowest BCUT2D eigenvalue weighted by atomic mass is 10.1. The number of rotatable bonds is 14. The summed E-state index contributed by atoms with van der Waals surface area (Å²) in [5.41, 5.74) is 3.44. The molecular formula is C32H37N3O6. The molecule has 4 rings (SSSR count). The Labute approximate surface area is 240 Å². The standard InChI is InChI=1S/C32H37N3O6/c1-38-18-17-35(32(37)26-10-6-8-12-28(26)39-2)22-31(36)34(21-23-13-14-29(40-3)30(19-23)41-4)16-15-24-20-33-27-11-7-5-9-25(24)27/h5-14,19-20,33H,15-18,21-22H2,1-4H3. The molecule has 4 aromatic rings. The molecule has 41 heavy (non-hydrogen) atoms. The molecule has 0 unspecified atom stereocenters. The zero-order valence-electron chi connectivity index (χ0n) is 24.0. The minimum atomic E-state index is -0.296. The molecule has 0 saturated heterocycles. The monoisotopic (exact) mass is 559 g/mol. The molecular weight excluding hydrogens is 522 g/mol. The predicted molar refractivity (Wildman–Crippen MR) is 158 cm³/mol. The fourth-order valence-corrected chi connectivity index (χ4v) is 4.79. The van der Waals surface area contributed by atoms with E-state index >= 15 is 0 Å². The molecule has 1 N–H and O–H groups in total. The van der Waals surface area contributed by atoms with E-state index < -0.39 is 0 Å². The van der Waals surface area contributed by atoms with Crippen LogP contribution in [0.1, 0.15) is 21.5 Å². The fourth-order valence-electron chi connectivity index (χ4n) is 4.79. The van der Waals surface area contributed by atoms with Gasteiger partial charge in [0.05, 0.1) is 33.5 Å². The predicted octanol–water partition coefficient (Wildman–Crippen LogP) is 4.55. The number of methoxy groups -OCH3 is 4. The van der Waals surface area contributed by atoms with Crippen LogP contribution in [0, 0.1) is 0 Å². The smallest absolute Gasteiger partial charge is 0.258 e. The van der Waals surface area contributed by atoms with E-state index in [9.17, 15) is 9.59 Å².